The summed E-state index contributed by atoms with van der Waals surface area (Å²) in [6.45, 7) is 0.373. The van der Waals surface area contributed by atoms with E-state index in [2.05, 4.69) is 22.0 Å². The molecule has 5 heteroatoms. The monoisotopic (exact) mass is 457 g/mol. The van der Waals surface area contributed by atoms with Crippen LogP contribution in [0.2, 0.25) is 10.0 Å². The highest BCUT2D eigenvalue weighted by atomic mass is 79.9. The Morgan fingerprint density at radius 3 is 2.48 bits per heavy atom. The minimum atomic E-state index is 0.373. The normalized spacial score (nSPS) is 11.1. The molecule has 134 valence electrons. The quantitative estimate of drug-likeness (QED) is 0.294. The zero-order valence-electron chi connectivity index (χ0n) is 14.1. The number of ether oxygens (including phenoxy) is 1. The van der Waals surface area contributed by atoms with E-state index in [1.54, 1.807) is 18.2 Å². The van der Waals surface area contributed by atoms with Crippen molar-refractivity contribution in [1.82, 2.24) is 0 Å². The van der Waals surface area contributed by atoms with Crippen LogP contribution in [0.3, 0.4) is 0 Å². The minimum Gasteiger partial charge on any atom is -0.487 e. The molecular formula is C22H14BrCl2NO. The number of nitrogens with zero attached hydrogens (tertiary/aromatic N) is 1. The van der Waals surface area contributed by atoms with Crippen LogP contribution in [0.25, 0.3) is 11.6 Å². The molecule has 0 N–H and O–H groups in total. The number of halogens is 3. The van der Waals surface area contributed by atoms with Crippen LogP contribution in [-0.4, -0.2) is 0 Å². The van der Waals surface area contributed by atoms with E-state index in [0.717, 1.165) is 21.2 Å². The molecule has 0 saturated heterocycles. The Kier molecular flexibility index (Phi) is 6.58. The Balaban J connectivity index is 1.77. The Hall–Kier alpha value is -2.25. The Morgan fingerprint density at radius 1 is 1.04 bits per heavy atom. The molecule has 0 atom stereocenters. The first kappa shape index (κ1) is 19.5. The van der Waals surface area contributed by atoms with Crippen molar-refractivity contribution in [2.45, 2.75) is 6.61 Å². The third-order valence-electron chi connectivity index (χ3n) is 3.83. The summed E-state index contributed by atoms with van der Waals surface area (Å²) in [6.07, 6.45) is 1.80. The Labute approximate surface area is 176 Å². The van der Waals surface area contributed by atoms with Crippen molar-refractivity contribution < 1.29 is 4.74 Å². The van der Waals surface area contributed by atoms with Crippen LogP contribution in [0.1, 0.15) is 16.7 Å². The molecule has 3 aromatic rings. The molecule has 0 aliphatic rings. The fraction of sp³-hybridized carbons (Fsp3) is 0.0455. The molecule has 0 saturated carbocycles. The molecule has 0 aliphatic heterocycles. The zero-order chi connectivity index (χ0) is 19.2. The Morgan fingerprint density at radius 2 is 1.81 bits per heavy atom. The molecule has 3 aromatic carbocycles. The molecule has 0 radical (unpaired) electrons. The molecular weight excluding hydrogens is 445 g/mol. The second-order valence-electron chi connectivity index (χ2n) is 5.79. The predicted octanol–water partition coefficient (Wildman–Crippen LogP) is 7.40. The van der Waals surface area contributed by atoms with Gasteiger partial charge >= 0.3 is 0 Å². The maximum Gasteiger partial charge on any atom is 0.138 e. The first-order valence-corrected chi connectivity index (χ1v) is 9.64. The second kappa shape index (κ2) is 9.10. The SMILES string of the molecule is N#C/C(=C\c1ccc(OCc2cccc(Cl)c2)c(Cl)c1)c1ccc(Br)cc1. The van der Waals surface area contributed by atoms with Crippen LogP contribution < -0.4 is 4.74 Å². The maximum atomic E-state index is 9.47. The number of nitriles is 1. The lowest BCUT2D eigenvalue weighted by Crippen LogP contribution is -1.96. The van der Waals surface area contributed by atoms with Gasteiger partial charge in [0.2, 0.25) is 0 Å². The summed E-state index contributed by atoms with van der Waals surface area (Å²) in [5.74, 6) is 0.580. The van der Waals surface area contributed by atoms with Gasteiger partial charge in [-0.15, -0.1) is 0 Å². The van der Waals surface area contributed by atoms with Gasteiger partial charge in [-0.1, -0.05) is 69.5 Å². The highest BCUT2D eigenvalue weighted by Crippen LogP contribution is 2.28. The molecule has 0 heterocycles. The van der Waals surface area contributed by atoms with E-state index >= 15 is 0 Å². The summed E-state index contributed by atoms with van der Waals surface area (Å²) in [6, 6.07) is 22.8. The van der Waals surface area contributed by atoms with Crippen LogP contribution >= 0.6 is 39.1 Å². The molecule has 0 spiro atoms. The predicted molar refractivity (Wildman–Crippen MR) is 115 cm³/mol. The van der Waals surface area contributed by atoms with E-state index in [9.17, 15) is 5.26 Å². The van der Waals surface area contributed by atoms with Gasteiger partial charge in [0.1, 0.15) is 12.4 Å². The summed E-state index contributed by atoms with van der Waals surface area (Å²) < 4.78 is 6.75. The van der Waals surface area contributed by atoms with E-state index in [1.165, 1.54) is 0 Å². The van der Waals surface area contributed by atoms with E-state index in [1.807, 2.05) is 54.6 Å². The summed E-state index contributed by atoms with van der Waals surface area (Å²) in [5.41, 5.74) is 3.20. The smallest absolute Gasteiger partial charge is 0.138 e. The van der Waals surface area contributed by atoms with Gasteiger partial charge in [-0.2, -0.15) is 5.26 Å². The third kappa shape index (κ3) is 5.37. The third-order valence-corrected chi connectivity index (χ3v) is 4.89. The van der Waals surface area contributed by atoms with Crippen LogP contribution in [-0.2, 0) is 6.61 Å². The minimum absolute atomic E-state index is 0.373. The molecule has 0 bridgehead atoms. The summed E-state index contributed by atoms with van der Waals surface area (Å²) >= 11 is 15.7. The van der Waals surface area contributed by atoms with Gasteiger partial charge in [0, 0.05) is 9.50 Å². The van der Waals surface area contributed by atoms with Crippen molar-refractivity contribution >= 4 is 50.8 Å². The van der Waals surface area contributed by atoms with Crippen molar-refractivity contribution in [3.63, 3.8) is 0 Å². The zero-order valence-corrected chi connectivity index (χ0v) is 17.2. The molecule has 3 rings (SSSR count). The van der Waals surface area contributed by atoms with E-state index in [0.29, 0.717) is 28.0 Å². The lowest BCUT2D eigenvalue weighted by Gasteiger charge is -2.09. The molecule has 0 fully saturated rings. The lowest BCUT2D eigenvalue weighted by molar-refractivity contribution is 0.306. The number of rotatable bonds is 5. The maximum absolute atomic E-state index is 9.47. The van der Waals surface area contributed by atoms with Gasteiger partial charge in [-0.3, -0.25) is 0 Å². The van der Waals surface area contributed by atoms with Crippen LogP contribution in [0.15, 0.2) is 71.2 Å². The molecule has 27 heavy (non-hydrogen) atoms. The van der Waals surface area contributed by atoms with Crippen molar-refractivity contribution in [2.75, 3.05) is 0 Å². The molecule has 0 unspecified atom stereocenters. The highest BCUT2D eigenvalue weighted by molar-refractivity contribution is 9.10. The lowest BCUT2D eigenvalue weighted by atomic mass is 10.0. The largest absolute Gasteiger partial charge is 0.487 e. The van der Waals surface area contributed by atoms with Crippen LogP contribution in [0.4, 0.5) is 0 Å². The fourth-order valence-corrected chi connectivity index (χ4v) is 3.21. The molecule has 0 amide bonds. The number of allylic oxidation sites excluding steroid dienone is 1. The Bertz CT molecular complexity index is 1020. The second-order valence-corrected chi connectivity index (χ2v) is 7.54. The van der Waals surface area contributed by atoms with Gasteiger partial charge < -0.3 is 4.74 Å². The number of benzene rings is 3. The van der Waals surface area contributed by atoms with Crippen molar-refractivity contribution in [1.29, 1.82) is 5.26 Å². The van der Waals surface area contributed by atoms with Gasteiger partial charge in [0.05, 0.1) is 16.7 Å². The first-order valence-electron chi connectivity index (χ1n) is 8.10. The van der Waals surface area contributed by atoms with Gasteiger partial charge in [-0.25, -0.2) is 0 Å². The van der Waals surface area contributed by atoms with Crippen LogP contribution in [0.5, 0.6) is 5.75 Å². The van der Waals surface area contributed by atoms with Crippen molar-refractivity contribution in [2.24, 2.45) is 0 Å². The average molecular weight is 459 g/mol. The van der Waals surface area contributed by atoms with Gasteiger partial charge in [0.25, 0.3) is 0 Å². The fourth-order valence-electron chi connectivity index (χ4n) is 2.49. The van der Waals surface area contributed by atoms with Gasteiger partial charge in [-0.05, 0) is 59.2 Å². The van der Waals surface area contributed by atoms with Crippen LogP contribution in [0, 0.1) is 11.3 Å². The summed E-state index contributed by atoms with van der Waals surface area (Å²) in [7, 11) is 0. The molecule has 2 nitrogen and oxygen atoms in total. The highest BCUT2D eigenvalue weighted by Gasteiger charge is 2.06. The van der Waals surface area contributed by atoms with Crippen molar-refractivity contribution in [3.05, 3.63) is 97.9 Å². The van der Waals surface area contributed by atoms with E-state index in [-0.39, 0.29) is 0 Å². The van der Waals surface area contributed by atoms with E-state index < -0.39 is 0 Å². The van der Waals surface area contributed by atoms with Crippen molar-refractivity contribution in [3.8, 4) is 11.8 Å². The summed E-state index contributed by atoms with van der Waals surface area (Å²) in [4.78, 5) is 0. The molecule has 0 aliphatic carbocycles. The number of hydrogen-bond acceptors (Lipinski definition) is 2. The summed E-state index contributed by atoms with van der Waals surface area (Å²) in [5, 5.41) is 10.6. The van der Waals surface area contributed by atoms with Gasteiger partial charge in [0.15, 0.2) is 0 Å². The number of hydrogen-bond donors (Lipinski definition) is 0. The average Bonchev–Trinajstić information content (AvgIpc) is 2.66. The first-order chi connectivity index (χ1) is 13.0. The standard InChI is InChI=1S/C22H14BrCl2NO/c23-19-7-5-17(6-8-19)18(13-26)10-15-4-9-22(21(25)12-15)27-14-16-2-1-3-20(24)11-16/h1-12H,14H2/b18-10+. The topological polar surface area (TPSA) is 33.0 Å². The van der Waals surface area contributed by atoms with E-state index in [4.69, 9.17) is 27.9 Å². The molecule has 0 aromatic heterocycles.